The first-order chi connectivity index (χ1) is 16.0. The molecule has 0 unspecified atom stereocenters. The van der Waals surface area contributed by atoms with Gasteiger partial charge in [0, 0.05) is 23.9 Å². The van der Waals surface area contributed by atoms with E-state index in [1.54, 1.807) is 4.57 Å². The second-order valence-electron chi connectivity index (χ2n) is 7.45. The van der Waals surface area contributed by atoms with E-state index in [9.17, 15) is 4.79 Å². The lowest BCUT2D eigenvalue weighted by atomic mass is 10.2. The highest BCUT2D eigenvalue weighted by atomic mass is 35.5. The first kappa shape index (κ1) is 24.2. The molecular weight excluding hydrogens is 492 g/mol. The van der Waals surface area contributed by atoms with Gasteiger partial charge in [-0.1, -0.05) is 84.9 Å². The predicted molar refractivity (Wildman–Crippen MR) is 143 cm³/mol. The number of aromatic nitrogens is 3. The van der Waals surface area contributed by atoms with Crippen molar-refractivity contribution in [2.24, 2.45) is 0 Å². The number of likely N-dealkylation sites (N-methyl/N-ethyl adjacent to an activating group) is 1. The van der Waals surface area contributed by atoms with Gasteiger partial charge in [0.25, 0.3) is 5.56 Å². The number of fused-ring (bicyclic) bond motifs is 1. The molecule has 0 N–H and O–H groups in total. The van der Waals surface area contributed by atoms with Crippen molar-refractivity contribution in [1.29, 1.82) is 0 Å². The fourth-order valence-electron chi connectivity index (χ4n) is 3.61. The van der Waals surface area contributed by atoms with Gasteiger partial charge >= 0.3 is 0 Å². The van der Waals surface area contributed by atoms with Gasteiger partial charge in [0.05, 0.1) is 5.69 Å². The van der Waals surface area contributed by atoms with Crippen LogP contribution in [-0.4, -0.2) is 38.7 Å². The molecule has 2 aromatic carbocycles. The Morgan fingerprint density at radius 1 is 1.09 bits per heavy atom. The van der Waals surface area contributed by atoms with E-state index in [-0.39, 0.29) is 5.56 Å². The quantitative estimate of drug-likeness (QED) is 0.149. The van der Waals surface area contributed by atoms with Gasteiger partial charge in [-0.2, -0.15) is 0 Å². The van der Waals surface area contributed by atoms with Crippen molar-refractivity contribution in [3.8, 4) is 5.69 Å². The van der Waals surface area contributed by atoms with E-state index in [1.807, 2.05) is 59.2 Å². The summed E-state index contributed by atoms with van der Waals surface area (Å²) in [6.07, 6.45) is 0. The van der Waals surface area contributed by atoms with E-state index < -0.39 is 0 Å². The molecular formula is C24H25ClN4OS3. The molecule has 0 saturated carbocycles. The van der Waals surface area contributed by atoms with Crippen molar-refractivity contribution < 1.29 is 0 Å². The van der Waals surface area contributed by atoms with Crippen molar-refractivity contribution in [1.82, 2.24) is 19.0 Å². The molecule has 33 heavy (non-hydrogen) atoms. The van der Waals surface area contributed by atoms with E-state index >= 15 is 0 Å². The van der Waals surface area contributed by atoms with Gasteiger partial charge in [0.15, 0.2) is 14.8 Å². The Kier molecular flexibility index (Phi) is 8.03. The molecule has 4 rings (SSSR count). The van der Waals surface area contributed by atoms with Crippen LogP contribution >= 0.6 is 46.9 Å². The third-order valence-corrected chi connectivity index (χ3v) is 8.30. The zero-order valence-electron chi connectivity index (χ0n) is 18.5. The average Bonchev–Trinajstić information content (AvgIpc) is 3.15. The van der Waals surface area contributed by atoms with Gasteiger partial charge in [-0.05, 0) is 49.1 Å². The van der Waals surface area contributed by atoms with Crippen molar-refractivity contribution in [2.75, 3.05) is 19.6 Å². The van der Waals surface area contributed by atoms with Crippen LogP contribution < -0.4 is 5.56 Å². The maximum atomic E-state index is 13.7. The molecule has 0 aliphatic rings. The van der Waals surface area contributed by atoms with Crippen molar-refractivity contribution in [2.45, 2.75) is 31.3 Å². The Morgan fingerprint density at radius 3 is 2.48 bits per heavy atom. The van der Waals surface area contributed by atoms with Gasteiger partial charge in [0.1, 0.15) is 4.70 Å². The fourth-order valence-corrected chi connectivity index (χ4v) is 6.22. The molecule has 4 aromatic rings. The fraction of sp³-hybridized carbons (Fsp3) is 0.292. The molecule has 0 bridgehead atoms. The van der Waals surface area contributed by atoms with E-state index in [1.165, 1.54) is 23.1 Å². The Bertz CT molecular complexity index is 1360. The lowest BCUT2D eigenvalue weighted by Crippen LogP contribution is -2.27. The van der Waals surface area contributed by atoms with Crippen LogP contribution in [0.4, 0.5) is 0 Å². The molecule has 9 heteroatoms. The third-order valence-electron chi connectivity index (χ3n) is 5.52. The Hall–Kier alpha value is -1.97. The van der Waals surface area contributed by atoms with E-state index in [4.69, 9.17) is 28.8 Å². The molecule has 5 nitrogen and oxygen atoms in total. The monoisotopic (exact) mass is 516 g/mol. The molecule has 172 valence electrons. The first-order valence-corrected chi connectivity index (χ1v) is 13.4. The van der Waals surface area contributed by atoms with Gasteiger partial charge in [-0.15, -0.1) is 0 Å². The van der Waals surface area contributed by atoms with Crippen molar-refractivity contribution in [3.63, 3.8) is 0 Å². The molecule has 2 aromatic heterocycles. The summed E-state index contributed by atoms with van der Waals surface area (Å²) in [6.45, 7) is 7.80. The van der Waals surface area contributed by atoms with E-state index in [0.717, 1.165) is 30.9 Å². The maximum absolute atomic E-state index is 13.7. The molecule has 0 spiro atoms. The largest absolute Gasteiger partial charge is 0.306 e. The van der Waals surface area contributed by atoms with Crippen LogP contribution in [0.1, 0.15) is 19.4 Å². The molecule has 0 aliphatic heterocycles. The average molecular weight is 517 g/mol. The minimum atomic E-state index is -0.0921. The van der Waals surface area contributed by atoms with Gasteiger partial charge < -0.3 is 9.47 Å². The van der Waals surface area contributed by atoms with Crippen LogP contribution in [-0.2, 0) is 12.3 Å². The molecule has 0 saturated heterocycles. The summed E-state index contributed by atoms with van der Waals surface area (Å²) in [5, 5.41) is 1.33. The maximum Gasteiger partial charge on any atom is 0.278 e. The number of hydrogen-bond donors (Lipinski definition) is 0. The number of nitrogens with zero attached hydrogens (tertiary/aromatic N) is 4. The molecule has 0 aliphatic carbocycles. The molecule has 0 amide bonds. The summed E-state index contributed by atoms with van der Waals surface area (Å²) in [5.74, 6) is 0.606. The number of para-hydroxylation sites is 1. The normalized spacial score (nSPS) is 11.5. The minimum Gasteiger partial charge on any atom is -0.306 e. The molecule has 0 fully saturated rings. The Balaban J connectivity index is 1.82. The lowest BCUT2D eigenvalue weighted by Gasteiger charge is -2.18. The Labute approximate surface area is 211 Å². The molecule has 0 atom stereocenters. The van der Waals surface area contributed by atoms with Crippen LogP contribution in [0.2, 0.25) is 5.02 Å². The number of thioether (sulfide) groups is 1. The number of halogens is 1. The van der Waals surface area contributed by atoms with Gasteiger partial charge in [-0.25, -0.2) is 4.98 Å². The summed E-state index contributed by atoms with van der Waals surface area (Å²) < 4.78 is 4.95. The smallest absolute Gasteiger partial charge is 0.278 e. The van der Waals surface area contributed by atoms with Crippen LogP contribution in [0.25, 0.3) is 16.0 Å². The highest BCUT2D eigenvalue weighted by molar-refractivity contribution is 7.98. The summed E-state index contributed by atoms with van der Waals surface area (Å²) in [4.78, 5) is 21.0. The summed E-state index contributed by atoms with van der Waals surface area (Å²) in [7, 11) is 0. The Morgan fingerprint density at radius 2 is 1.79 bits per heavy atom. The van der Waals surface area contributed by atoms with E-state index in [0.29, 0.717) is 36.8 Å². The minimum absolute atomic E-state index is 0.0921. The summed E-state index contributed by atoms with van der Waals surface area (Å²) in [6, 6.07) is 17.4. The predicted octanol–water partition coefficient (Wildman–Crippen LogP) is 6.27. The number of rotatable bonds is 9. The highest BCUT2D eigenvalue weighted by Gasteiger charge is 2.19. The molecule has 0 radical (unpaired) electrons. The van der Waals surface area contributed by atoms with Gasteiger partial charge in [-0.3, -0.25) is 9.36 Å². The zero-order chi connectivity index (χ0) is 23.4. The second-order valence-corrected chi connectivity index (χ2v) is 10.4. The lowest BCUT2D eigenvalue weighted by molar-refractivity contribution is 0.291. The number of benzene rings is 2. The highest BCUT2D eigenvalue weighted by Crippen LogP contribution is 2.29. The second kappa shape index (κ2) is 11.0. The van der Waals surface area contributed by atoms with Crippen LogP contribution in [0.15, 0.2) is 64.5 Å². The zero-order valence-corrected chi connectivity index (χ0v) is 21.7. The van der Waals surface area contributed by atoms with Crippen molar-refractivity contribution in [3.05, 3.63) is 79.5 Å². The van der Waals surface area contributed by atoms with Crippen LogP contribution in [0.3, 0.4) is 0 Å². The topological polar surface area (TPSA) is 43.1 Å². The van der Waals surface area contributed by atoms with Crippen LogP contribution in [0, 0.1) is 3.95 Å². The first-order valence-electron chi connectivity index (χ1n) is 10.8. The third kappa shape index (κ3) is 5.25. The van der Waals surface area contributed by atoms with Crippen LogP contribution in [0.5, 0.6) is 0 Å². The van der Waals surface area contributed by atoms with E-state index in [2.05, 4.69) is 18.7 Å². The molecule has 2 heterocycles. The van der Waals surface area contributed by atoms with Crippen molar-refractivity contribution >= 4 is 57.3 Å². The summed E-state index contributed by atoms with van der Waals surface area (Å²) in [5.41, 5.74) is 2.36. The van der Waals surface area contributed by atoms with Gasteiger partial charge in [0.2, 0.25) is 0 Å². The SMILES string of the molecule is CCN(CC)CCn1c(=S)sc2c(=O)n(-c3ccccc3)c(SCc3ccccc3Cl)nc21. The summed E-state index contributed by atoms with van der Waals surface area (Å²) >= 11 is 14.9. The standard InChI is InChI=1S/C24H25ClN4OS3/c1-3-27(4-2)14-15-28-21-20(33-24(28)31)22(30)29(18-11-6-5-7-12-18)23(26-21)32-16-17-10-8-9-13-19(17)25/h5-13H,3-4,14-16H2,1-2H3. The number of hydrogen-bond acceptors (Lipinski definition) is 6. The number of thiazole rings is 1.